The number of rotatable bonds is 25. The van der Waals surface area contributed by atoms with Gasteiger partial charge in [0.15, 0.2) is 0 Å². The molecule has 1 aliphatic heterocycles. The number of aromatic nitrogens is 15. The molecule has 0 bridgehead atoms. The van der Waals surface area contributed by atoms with Gasteiger partial charge in [-0.2, -0.15) is 9.49 Å². The molecule has 0 aliphatic carbocycles. The molecule has 758 valence electrons. The van der Waals surface area contributed by atoms with Gasteiger partial charge in [-0.3, -0.25) is 30.3 Å². The Morgan fingerprint density at radius 2 is 0.755 bits per heavy atom. The lowest BCUT2D eigenvalue weighted by Gasteiger charge is -2.32. The maximum Gasteiger partial charge on any atom is 0.498 e. The summed E-state index contributed by atoms with van der Waals surface area (Å²) in [5.41, 5.74) is 59.8. The number of nitro groups is 3. The molecule has 0 radical (unpaired) electrons. The molecule has 1 aliphatic rings. The third kappa shape index (κ3) is 33.0. The van der Waals surface area contributed by atoms with Gasteiger partial charge in [-0.1, -0.05) is 110 Å². The molecule has 7 aromatic carbocycles. The van der Waals surface area contributed by atoms with Gasteiger partial charge in [-0.15, -0.1) is 0 Å². The zero-order valence-corrected chi connectivity index (χ0v) is 88.2. The summed E-state index contributed by atoms with van der Waals surface area (Å²) in [6.07, 6.45) is 25.6. The topological polar surface area (TPSA) is 582 Å². The highest BCUT2D eigenvalue weighted by Gasteiger charge is 2.52. The number of nitrogens with two attached hydrogens (primary N) is 8. The first-order valence-corrected chi connectivity index (χ1v) is 47.8. The molecular weight excluding hydrogens is 1950 g/mol. The lowest BCUT2D eigenvalue weighted by atomic mass is 9.81. The van der Waals surface area contributed by atoms with Crippen LogP contribution < -0.4 is 72.6 Å². The van der Waals surface area contributed by atoms with Crippen LogP contribution in [-0.4, -0.2) is 135 Å². The van der Waals surface area contributed by atoms with Gasteiger partial charge in [-0.25, -0.2) is 64.5 Å². The largest absolute Gasteiger partial charge is 0.498 e. The second kappa shape index (κ2) is 49.2. The van der Waals surface area contributed by atoms with Crippen molar-refractivity contribution in [2.45, 2.75) is 235 Å². The third-order valence-electron chi connectivity index (χ3n) is 24.1. The normalized spacial score (nSPS) is 12.6. The van der Waals surface area contributed by atoms with Gasteiger partial charge in [0.05, 0.1) is 65.4 Å². The first kappa shape index (κ1) is 114. The number of para-hydroxylation sites is 1. The number of hydrogen-bond acceptors (Lipinski definition) is 33. The van der Waals surface area contributed by atoms with Crippen LogP contribution in [0.15, 0.2) is 217 Å². The minimum Gasteiger partial charge on any atom is -0.399 e. The van der Waals surface area contributed by atoms with Gasteiger partial charge >= 0.3 is 12.8 Å². The number of anilines is 11. The highest BCUT2D eigenvalue weighted by atomic mass is 79.9. The van der Waals surface area contributed by atoms with E-state index in [1.807, 2.05) is 138 Å². The Labute approximate surface area is 851 Å². The number of nitrogen functional groups attached to an aromatic ring is 7. The number of imidazole rings is 1. The average molecular weight is 2080 g/mol. The Morgan fingerprint density at radius 1 is 0.420 bits per heavy atom. The zero-order valence-electron chi connectivity index (χ0n) is 85.0. The van der Waals surface area contributed by atoms with Crippen molar-refractivity contribution in [1.82, 2.24) is 74.2 Å². The lowest BCUT2D eigenvalue weighted by Crippen LogP contribution is -2.41. The molecule has 15 rings (SSSR count). The van der Waals surface area contributed by atoms with E-state index < -0.39 is 28.5 Å². The van der Waals surface area contributed by atoms with Gasteiger partial charge in [0.1, 0.15) is 29.9 Å². The van der Waals surface area contributed by atoms with Crippen molar-refractivity contribution >= 4 is 136 Å². The van der Waals surface area contributed by atoms with Crippen molar-refractivity contribution in [2.24, 2.45) is 5.73 Å². The maximum atomic E-state index is 12.6. The number of halogens is 3. The molecule has 20 N–H and O–H groups in total. The summed E-state index contributed by atoms with van der Waals surface area (Å²) >= 11 is 6.22. The summed E-state index contributed by atoms with van der Waals surface area (Å²) in [7, 11) is -0.425. The fourth-order valence-corrected chi connectivity index (χ4v) is 13.4. The third-order valence-corrected chi connectivity index (χ3v) is 25.1. The summed E-state index contributed by atoms with van der Waals surface area (Å²) in [6, 6.07) is 39.8. The van der Waals surface area contributed by atoms with Crippen LogP contribution >= 0.6 is 31.9 Å². The molecule has 0 unspecified atom stereocenters. The Hall–Kier alpha value is -14.6. The Kier molecular flexibility index (Phi) is 39.1. The molecule has 42 heteroatoms. The van der Waals surface area contributed by atoms with Gasteiger partial charge in [0.25, 0.3) is 11.4 Å². The van der Waals surface area contributed by atoms with E-state index >= 15 is 0 Å². The first-order valence-electron chi connectivity index (χ1n) is 46.2. The summed E-state index contributed by atoms with van der Waals surface area (Å²) in [4.78, 5) is 79.9. The van der Waals surface area contributed by atoms with Crippen LogP contribution in [0.25, 0.3) is 72.6 Å². The van der Waals surface area contributed by atoms with Gasteiger partial charge in [0.2, 0.25) is 35.6 Å². The monoisotopic (exact) mass is 2080 g/mol. The van der Waals surface area contributed by atoms with Crippen LogP contribution in [0.1, 0.15) is 191 Å². The Balaban J connectivity index is 0.000000206. The fraction of sp³-hybridized carbons (Fsp3) is 0.356. The van der Waals surface area contributed by atoms with Crippen LogP contribution in [0, 0.1) is 36.2 Å². The standard InChI is InChI=1S/C24H24N8.C15H19N5O2.2C15H21N5.C11H15BrN2O2.C10H16BN3O2.C6H3BrFNO2.C5H13N/c1-4-24(2,3)32-21-10-9-16(17-12-27-23(25)28-13-17)11-19(21)30-22(32)18-7-5-6-8-20(18)31-15-26-14-29-31;1-4-15(2,3)19-12-6-5-10(7-13(12)20(21)22)11-8-17-14(16)18-9-11;2*1-4-15(2,3)20-13-6-5-10(7-12(13)16)11-8-18-14(17)19-9-11;1-4-11(2,3)13-9-6-5-8(12)7-10(9)14(15)16;1-9(2)10(3,4)16-11(15-9)7-5-13-8(12)14-6-7;7-4-1-2-5(8)6(3-4)9(10)11;1-4-5(2,3)6/h5-15H,4H2,1-3H3,(H2,25,27,28);5-9,19H,4H2,1-3H3,(H2,16,17,18);2*5-9,20H,4,16H2,1-3H3,(H2,17,18,19);5-7,13H,4H2,1-3H3;5-6H,1-4H3,(H2,12,13,14);1-3H;4,6H2,1-3H3. The number of benzene rings is 7. The maximum absolute atomic E-state index is 12.6. The smallest absolute Gasteiger partial charge is 0.399 e. The second-order valence-corrected chi connectivity index (χ2v) is 40.3. The molecule has 1 saturated heterocycles. The van der Waals surface area contributed by atoms with Crippen molar-refractivity contribution in [1.29, 1.82) is 0 Å². The highest BCUT2D eigenvalue weighted by Crippen LogP contribution is 2.41. The van der Waals surface area contributed by atoms with Crippen LogP contribution in [0.3, 0.4) is 0 Å². The van der Waals surface area contributed by atoms with Crippen molar-refractivity contribution in [2.75, 3.05) is 61.4 Å². The molecular formula is C101H132BBr2FN30O8. The minimum absolute atomic E-state index is 0.0138. The highest BCUT2D eigenvalue weighted by molar-refractivity contribution is 9.10. The molecule has 38 nitrogen and oxygen atoms in total. The SMILES string of the molecule is CC1(C)OB(c2cnc(N)nc2)OC1(C)C.CCC(C)(C)N.CCC(C)(C)Nc1ccc(-c2cnc(N)nc2)cc1N.CCC(C)(C)Nc1ccc(-c2cnc(N)nc2)cc1N.CCC(C)(C)Nc1ccc(-c2cnc(N)nc2)cc1[N+](=O)[O-].CCC(C)(C)Nc1ccc(Br)cc1[N+](=O)[O-].CCC(C)(C)n1c(-c2ccccc2-n2cncn2)nc2cc(-c3cnc(N)nc3)ccc21.O=[N+]([O-])c1cc(Br)ccc1F. The molecule has 7 aromatic heterocycles. The van der Waals surface area contributed by atoms with E-state index in [1.165, 1.54) is 24.5 Å². The summed E-state index contributed by atoms with van der Waals surface area (Å²) in [5, 5.41) is 50.0. The van der Waals surface area contributed by atoms with Crippen molar-refractivity contribution in [3.8, 4) is 61.6 Å². The van der Waals surface area contributed by atoms with Crippen molar-refractivity contribution in [3.05, 3.63) is 253 Å². The molecule has 0 spiro atoms. The van der Waals surface area contributed by atoms with Crippen LogP contribution in [0.5, 0.6) is 0 Å². The first-order chi connectivity index (χ1) is 67.0. The van der Waals surface area contributed by atoms with Crippen LogP contribution in [-0.2, 0) is 14.8 Å². The average Bonchev–Trinajstić information content (AvgIpc) is 1.59. The second-order valence-electron chi connectivity index (χ2n) is 38.4. The van der Waals surface area contributed by atoms with Crippen molar-refractivity contribution in [3.63, 3.8) is 0 Å². The summed E-state index contributed by atoms with van der Waals surface area (Å²) < 4.78 is 29.5. The molecule has 143 heavy (non-hydrogen) atoms. The summed E-state index contributed by atoms with van der Waals surface area (Å²) in [6.45, 7) is 45.8. The Bertz CT molecular complexity index is 6450. The zero-order chi connectivity index (χ0) is 106. The van der Waals surface area contributed by atoms with Gasteiger partial charge in [0, 0.05) is 156 Å². The van der Waals surface area contributed by atoms with E-state index in [1.54, 1.807) is 97.2 Å². The predicted molar refractivity (Wildman–Crippen MR) is 580 cm³/mol. The minimum atomic E-state index is -0.821. The van der Waals surface area contributed by atoms with Gasteiger partial charge < -0.3 is 81.0 Å². The quantitative estimate of drug-likeness (QED) is 0.0109. The van der Waals surface area contributed by atoms with Gasteiger partial charge in [-0.05, 0) is 250 Å². The number of nitrogens with one attached hydrogen (secondary N) is 4. The lowest BCUT2D eigenvalue weighted by molar-refractivity contribution is -0.387. The fourth-order valence-electron chi connectivity index (χ4n) is 12.7. The molecule has 0 amide bonds. The number of nitro benzene ring substituents is 3. The van der Waals surface area contributed by atoms with E-state index in [9.17, 15) is 34.7 Å². The predicted octanol–water partition coefficient (Wildman–Crippen LogP) is 21.5. The molecule has 14 aromatic rings. The van der Waals surface area contributed by atoms with E-state index in [-0.39, 0.29) is 90.5 Å². The van der Waals surface area contributed by atoms with E-state index in [0.29, 0.717) is 42.8 Å². The Morgan fingerprint density at radius 3 is 1.11 bits per heavy atom. The molecule has 1 fully saturated rings. The van der Waals surface area contributed by atoms with E-state index in [0.717, 1.165) is 129 Å². The van der Waals surface area contributed by atoms with Crippen LogP contribution in [0.2, 0.25) is 0 Å². The molecule has 0 atom stereocenters. The number of nitrogens with zero attached hydrogens (tertiary/aromatic N) is 18. The number of fused-ring (bicyclic) bond motifs is 1. The van der Waals surface area contributed by atoms with E-state index in [2.05, 4.69) is 211 Å². The molecule has 0 saturated carbocycles. The van der Waals surface area contributed by atoms with Crippen LogP contribution in [0.4, 0.5) is 85.3 Å². The molecule has 8 heterocycles. The number of hydrogen-bond donors (Lipinski definition) is 12. The van der Waals surface area contributed by atoms with Crippen molar-refractivity contribution < 1.29 is 28.5 Å². The van der Waals surface area contributed by atoms with E-state index in [4.69, 9.17) is 60.2 Å². The summed E-state index contributed by atoms with van der Waals surface area (Å²) in [5.74, 6) is 1.29.